The molecule has 0 radical (unpaired) electrons. The zero-order valence-corrected chi connectivity index (χ0v) is 14.1. The van der Waals surface area contributed by atoms with Crippen LogP contribution in [0.15, 0.2) is 30.4 Å². The minimum Gasteiger partial charge on any atom is -0.393 e. The number of carbonyl (C=O) groups excluding carboxylic acids is 2. The van der Waals surface area contributed by atoms with Crippen molar-refractivity contribution in [2.45, 2.75) is 24.3 Å². The van der Waals surface area contributed by atoms with Gasteiger partial charge in [-0.05, 0) is 25.1 Å². The van der Waals surface area contributed by atoms with Crippen molar-refractivity contribution < 1.29 is 32.6 Å². The van der Waals surface area contributed by atoms with E-state index < -0.39 is 58.2 Å². The molecule has 2 fully saturated rings. The summed E-state index contributed by atoms with van der Waals surface area (Å²) < 4.78 is 45.1. The fourth-order valence-electron chi connectivity index (χ4n) is 4.16. The summed E-state index contributed by atoms with van der Waals surface area (Å²) in [5, 5.41) is 9.20. The Morgan fingerprint density at radius 3 is 2.50 bits per heavy atom. The van der Waals surface area contributed by atoms with Gasteiger partial charge in [0.15, 0.2) is 0 Å². The molecule has 3 aliphatic rings. The molecule has 1 aromatic rings. The van der Waals surface area contributed by atoms with Crippen LogP contribution in [0, 0.1) is 11.8 Å². The van der Waals surface area contributed by atoms with Gasteiger partial charge in [-0.1, -0.05) is 23.8 Å². The standard InChI is InChI=1S/C17H13ClF3NO4/c1-15-4-5-16(7-23,26-15)12-11(15)13(24)22(14(12)25)8-2-3-10(18)9(6-8)17(19,20)21/h2-6,11-12,23H,7H2,1H3/t11-,12-,15+,16+/m1/s1. The number of aliphatic hydroxyl groups is 1. The van der Waals surface area contributed by atoms with Crippen LogP contribution in [0.5, 0.6) is 0 Å². The van der Waals surface area contributed by atoms with Gasteiger partial charge in [0.2, 0.25) is 11.8 Å². The number of halogens is 4. The first-order valence-electron chi connectivity index (χ1n) is 7.80. The Balaban J connectivity index is 1.80. The van der Waals surface area contributed by atoms with E-state index in [4.69, 9.17) is 16.3 Å². The number of imide groups is 1. The number of ether oxygens (including phenoxy) is 1. The van der Waals surface area contributed by atoms with Crippen molar-refractivity contribution in [2.75, 3.05) is 11.5 Å². The smallest absolute Gasteiger partial charge is 0.393 e. The fraction of sp³-hybridized carbons (Fsp3) is 0.412. The number of hydrogen-bond donors (Lipinski definition) is 1. The van der Waals surface area contributed by atoms with E-state index in [9.17, 15) is 27.9 Å². The van der Waals surface area contributed by atoms with Crippen molar-refractivity contribution in [2.24, 2.45) is 11.8 Å². The number of aliphatic hydroxyl groups excluding tert-OH is 1. The van der Waals surface area contributed by atoms with Crippen molar-refractivity contribution in [3.8, 4) is 0 Å². The maximum Gasteiger partial charge on any atom is 0.417 e. The number of rotatable bonds is 2. The Kier molecular flexibility index (Phi) is 3.43. The van der Waals surface area contributed by atoms with Gasteiger partial charge in [-0.3, -0.25) is 9.59 Å². The molecule has 9 heteroatoms. The van der Waals surface area contributed by atoms with E-state index >= 15 is 0 Å². The van der Waals surface area contributed by atoms with Gasteiger partial charge >= 0.3 is 6.18 Å². The summed E-state index contributed by atoms with van der Waals surface area (Å²) in [5.74, 6) is -3.24. The highest BCUT2D eigenvalue weighted by atomic mass is 35.5. The normalized spacial score (nSPS) is 35.5. The summed E-state index contributed by atoms with van der Waals surface area (Å²) in [7, 11) is 0. The maximum absolute atomic E-state index is 13.1. The molecule has 2 bridgehead atoms. The topological polar surface area (TPSA) is 66.8 Å². The van der Waals surface area contributed by atoms with Crippen LogP contribution in [0.2, 0.25) is 5.02 Å². The lowest BCUT2D eigenvalue weighted by Crippen LogP contribution is -2.43. The Bertz CT molecular complexity index is 870. The van der Waals surface area contributed by atoms with Crippen LogP contribution in [-0.2, 0) is 20.5 Å². The molecular weight excluding hydrogens is 375 g/mol. The molecule has 3 heterocycles. The third-order valence-electron chi connectivity index (χ3n) is 5.32. The van der Waals surface area contributed by atoms with Crippen LogP contribution in [0.25, 0.3) is 0 Å². The molecule has 0 aromatic heterocycles. The highest BCUT2D eigenvalue weighted by molar-refractivity contribution is 6.31. The predicted octanol–water partition coefficient (Wildman–Crippen LogP) is 2.55. The van der Waals surface area contributed by atoms with Crippen LogP contribution in [0.4, 0.5) is 18.9 Å². The number of carbonyl (C=O) groups is 2. The molecule has 0 spiro atoms. The Morgan fingerprint density at radius 2 is 1.88 bits per heavy atom. The van der Waals surface area contributed by atoms with Crippen LogP contribution < -0.4 is 4.90 Å². The Hall–Kier alpha value is -1.90. The molecule has 138 valence electrons. The summed E-state index contributed by atoms with van der Waals surface area (Å²) in [5.41, 5.74) is -3.76. The van der Waals surface area contributed by atoms with Crippen molar-refractivity contribution in [1.82, 2.24) is 0 Å². The second kappa shape index (κ2) is 5.09. The second-order valence-electron chi connectivity index (χ2n) is 6.86. The predicted molar refractivity (Wildman–Crippen MR) is 84.4 cm³/mol. The van der Waals surface area contributed by atoms with E-state index in [1.807, 2.05) is 0 Å². The molecule has 1 N–H and O–H groups in total. The molecule has 4 atom stereocenters. The summed E-state index contributed by atoms with van der Waals surface area (Å²) >= 11 is 5.61. The molecule has 2 saturated heterocycles. The van der Waals surface area contributed by atoms with E-state index in [1.54, 1.807) is 19.1 Å². The van der Waals surface area contributed by atoms with Crippen LogP contribution in [-0.4, -0.2) is 34.7 Å². The van der Waals surface area contributed by atoms with Crippen molar-refractivity contribution in [3.63, 3.8) is 0 Å². The second-order valence-corrected chi connectivity index (χ2v) is 7.27. The number of benzene rings is 1. The van der Waals surface area contributed by atoms with Gasteiger partial charge in [-0.25, -0.2) is 4.90 Å². The van der Waals surface area contributed by atoms with Gasteiger partial charge in [-0.2, -0.15) is 13.2 Å². The van der Waals surface area contributed by atoms with E-state index in [1.165, 1.54) is 6.07 Å². The number of anilines is 1. The lowest BCUT2D eigenvalue weighted by atomic mass is 9.73. The van der Waals surface area contributed by atoms with Crippen LogP contribution >= 0.6 is 11.6 Å². The molecule has 0 unspecified atom stereocenters. The third kappa shape index (κ3) is 2.06. The molecule has 0 aliphatic carbocycles. The first kappa shape index (κ1) is 17.5. The Labute approximate surface area is 151 Å². The minimum absolute atomic E-state index is 0.206. The molecule has 2 amide bonds. The molecule has 4 rings (SSSR count). The van der Waals surface area contributed by atoms with Crippen LogP contribution in [0.3, 0.4) is 0 Å². The van der Waals surface area contributed by atoms with E-state index in [2.05, 4.69) is 0 Å². The molecule has 3 aliphatic heterocycles. The summed E-state index contributed by atoms with van der Waals surface area (Å²) in [4.78, 5) is 26.5. The highest BCUT2D eigenvalue weighted by Crippen LogP contribution is 2.57. The molecular formula is C17H13ClF3NO4. The number of hydrogen-bond acceptors (Lipinski definition) is 4. The number of alkyl halides is 3. The Morgan fingerprint density at radius 1 is 1.23 bits per heavy atom. The maximum atomic E-state index is 13.1. The summed E-state index contributed by atoms with van der Waals surface area (Å²) in [6, 6.07) is 2.88. The zero-order valence-electron chi connectivity index (χ0n) is 13.4. The highest BCUT2D eigenvalue weighted by Gasteiger charge is 2.72. The average Bonchev–Trinajstić information content (AvgIpc) is 3.13. The van der Waals surface area contributed by atoms with Gasteiger partial charge < -0.3 is 9.84 Å². The molecule has 5 nitrogen and oxygen atoms in total. The first-order valence-corrected chi connectivity index (χ1v) is 8.18. The van der Waals surface area contributed by atoms with Gasteiger partial charge in [0.25, 0.3) is 0 Å². The molecule has 0 saturated carbocycles. The van der Waals surface area contributed by atoms with Crippen molar-refractivity contribution >= 4 is 29.1 Å². The van der Waals surface area contributed by atoms with Gasteiger partial charge in [0.05, 0.1) is 40.3 Å². The van der Waals surface area contributed by atoms with Crippen LogP contribution in [0.1, 0.15) is 12.5 Å². The van der Waals surface area contributed by atoms with Crippen molar-refractivity contribution in [3.05, 3.63) is 40.9 Å². The van der Waals surface area contributed by atoms with Crippen molar-refractivity contribution in [1.29, 1.82) is 0 Å². The molecule has 1 aromatic carbocycles. The lowest BCUT2D eigenvalue weighted by molar-refractivity contribution is -0.138. The minimum atomic E-state index is -4.73. The zero-order chi connectivity index (χ0) is 19.1. The number of nitrogens with zero attached hydrogens (tertiary/aromatic N) is 1. The summed E-state index contributed by atoms with van der Waals surface area (Å²) in [6.07, 6.45) is -1.56. The third-order valence-corrected chi connectivity index (χ3v) is 5.65. The SMILES string of the molecule is C[C@@]12C=C[C@@](CO)(O1)[C@H]1C(=O)N(c3ccc(Cl)c(C(F)(F)F)c3)C(=O)[C@@H]12. The summed E-state index contributed by atoms with van der Waals surface area (Å²) in [6.45, 7) is 1.10. The van der Waals surface area contributed by atoms with Gasteiger partial charge in [-0.15, -0.1) is 0 Å². The average molecular weight is 388 g/mol. The van der Waals surface area contributed by atoms with Gasteiger partial charge in [0, 0.05) is 0 Å². The monoisotopic (exact) mass is 387 g/mol. The quantitative estimate of drug-likeness (QED) is 0.625. The van der Waals surface area contributed by atoms with E-state index in [-0.39, 0.29) is 5.69 Å². The molecule has 26 heavy (non-hydrogen) atoms. The fourth-order valence-corrected chi connectivity index (χ4v) is 4.39. The largest absolute Gasteiger partial charge is 0.417 e. The van der Waals surface area contributed by atoms with Gasteiger partial charge in [0.1, 0.15) is 5.60 Å². The number of amides is 2. The number of fused-ring (bicyclic) bond motifs is 5. The lowest BCUT2D eigenvalue weighted by Gasteiger charge is -2.27. The first-order chi connectivity index (χ1) is 12.0. The van der Waals surface area contributed by atoms with E-state index in [0.29, 0.717) is 6.07 Å². The van der Waals surface area contributed by atoms with E-state index in [0.717, 1.165) is 11.0 Å².